The normalized spacial score (nSPS) is 18.4. The number of piperidine rings is 1. The van der Waals surface area contributed by atoms with Gasteiger partial charge in [0.15, 0.2) is 0 Å². The van der Waals surface area contributed by atoms with E-state index in [0.717, 1.165) is 74.7 Å². The van der Waals surface area contributed by atoms with Crippen LogP contribution in [0.3, 0.4) is 0 Å². The van der Waals surface area contributed by atoms with Crippen LogP contribution in [0.1, 0.15) is 68.3 Å². The maximum absolute atomic E-state index is 14.3. The molecule has 0 aromatic heterocycles. The minimum Gasteiger partial charge on any atom is -0.380 e. The van der Waals surface area contributed by atoms with Crippen molar-refractivity contribution in [2.45, 2.75) is 78.6 Å². The second-order valence-electron chi connectivity index (χ2n) is 19.2. The number of amides is 1. The van der Waals surface area contributed by atoms with Gasteiger partial charge in [0.05, 0.1) is 16.7 Å². The third kappa shape index (κ3) is 14.4. The van der Waals surface area contributed by atoms with Gasteiger partial charge in [0.1, 0.15) is 4.90 Å². The summed E-state index contributed by atoms with van der Waals surface area (Å²) < 4.78 is 110. The quantitative estimate of drug-likeness (QED) is 0.0548. The fourth-order valence-electron chi connectivity index (χ4n) is 9.40. The van der Waals surface area contributed by atoms with E-state index in [2.05, 4.69) is 46.0 Å². The molecule has 0 saturated carbocycles. The number of carbonyl (C=O) groups excluding carboxylic acids is 1. The molecule has 2 aliphatic heterocycles. The predicted molar refractivity (Wildman–Crippen MR) is 271 cm³/mol. The Morgan fingerprint density at radius 2 is 1.54 bits per heavy atom. The Morgan fingerprint density at radius 3 is 2.17 bits per heavy atom. The minimum atomic E-state index is -6.12. The van der Waals surface area contributed by atoms with Gasteiger partial charge in [-0.2, -0.15) is 13.2 Å². The number of sulfonamides is 1. The number of likely N-dealkylation sites (tertiary alicyclic amines) is 1. The van der Waals surface area contributed by atoms with Crippen LogP contribution in [-0.2, 0) is 24.4 Å². The van der Waals surface area contributed by atoms with E-state index in [4.69, 9.17) is 11.6 Å². The molecule has 1 unspecified atom stereocenters. The number of anilines is 2. The molecule has 3 aliphatic rings. The first-order valence-electron chi connectivity index (χ1n) is 23.2. The van der Waals surface area contributed by atoms with Gasteiger partial charge < -0.3 is 24.9 Å². The molecule has 0 spiro atoms. The highest BCUT2D eigenvalue weighted by Crippen LogP contribution is 2.44. The molecular formula is C49H60ClF3N5O8PS3. The Kier molecular flexibility index (Phi) is 17.3. The van der Waals surface area contributed by atoms with Crippen molar-refractivity contribution in [3.05, 3.63) is 119 Å². The molecule has 1 aliphatic carbocycles. The Bertz CT molecular complexity index is 2770. The Balaban J connectivity index is 1.01. The number of alkyl halides is 3. The topological polar surface area (TPSA) is 177 Å². The number of hydrogen-bond donors (Lipinski definition) is 4. The van der Waals surface area contributed by atoms with Gasteiger partial charge in [-0.05, 0) is 141 Å². The SMILES string of the molecule is CC1(C)CCC(c2ccc(Cl)cc2)=C(CN2CCN(c3ccc(C(=O)NS(=O)(=O)c4ccc(NC(CCN5CCC(CP(=O)(O)O)CC5)CSc5ccccc5)c(S(=O)(=O)C(F)(F)F)c4)cc3)CC2)C1. The summed E-state index contributed by atoms with van der Waals surface area (Å²) in [6.45, 7) is 10.0. The zero-order valence-electron chi connectivity index (χ0n) is 39.1. The molecule has 7 rings (SSSR count). The number of rotatable bonds is 18. The summed E-state index contributed by atoms with van der Waals surface area (Å²) in [5.74, 6) is -0.909. The molecule has 2 fully saturated rings. The molecule has 21 heteroatoms. The second kappa shape index (κ2) is 22.5. The van der Waals surface area contributed by atoms with Gasteiger partial charge in [-0.25, -0.2) is 21.6 Å². The summed E-state index contributed by atoms with van der Waals surface area (Å²) in [6.07, 6.45) is 4.35. The molecule has 4 N–H and O–H groups in total. The second-order valence-corrected chi connectivity index (χ2v) is 26.0. The summed E-state index contributed by atoms with van der Waals surface area (Å²) in [5.41, 5.74) is -1.23. The number of thioether (sulfide) groups is 1. The van der Waals surface area contributed by atoms with Crippen molar-refractivity contribution in [2.75, 3.05) is 74.5 Å². The van der Waals surface area contributed by atoms with E-state index in [9.17, 15) is 49.2 Å². The molecule has 4 aromatic rings. The molecule has 2 heterocycles. The number of allylic oxidation sites excluding steroid dienone is 1. The van der Waals surface area contributed by atoms with Gasteiger partial charge >= 0.3 is 13.1 Å². The monoisotopic (exact) mass is 1070 g/mol. The summed E-state index contributed by atoms with van der Waals surface area (Å²) in [4.78, 5) is 37.6. The van der Waals surface area contributed by atoms with E-state index in [1.54, 1.807) is 12.1 Å². The Labute approximate surface area is 418 Å². The van der Waals surface area contributed by atoms with Crippen molar-refractivity contribution in [1.29, 1.82) is 0 Å². The van der Waals surface area contributed by atoms with E-state index < -0.39 is 60.4 Å². The zero-order valence-corrected chi connectivity index (χ0v) is 43.2. The lowest BCUT2D eigenvalue weighted by atomic mass is 9.73. The van der Waals surface area contributed by atoms with Gasteiger partial charge in [-0.1, -0.05) is 61.4 Å². The lowest BCUT2D eigenvalue weighted by Crippen LogP contribution is -2.47. The minimum absolute atomic E-state index is 0.0289. The fraction of sp³-hybridized carbons (Fsp3) is 0.449. The van der Waals surface area contributed by atoms with Crippen molar-refractivity contribution in [2.24, 2.45) is 11.3 Å². The summed E-state index contributed by atoms with van der Waals surface area (Å²) in [5, 5.41) is 3.67. The molecule has 70 heavy (non-hydrogen) atoms. The van der Waals surface area contributed by atoms with Crippen molar-refractivity contribution in [3.8, 4) is 0 Å². The number of hydrogen-bond acceptors (Lipinski definition) is 11. The maximum Gasteiger partial charge on any atom is 0.501 e. The number of halogens is 4. The summed E-state index contributed by atoms with van der Waals surface area (Å²) >= 11 is 7.58. The number of benzene rings is 4. The lowest BCUT2D eigenvalue weighted by Gasteiger charge is -2.39. The van der Waals surface area contributed by atoms with Gasteiger partial charge in [0.25, 0.3) is 25.8 Å². The van der Waals surface area contributed by atoms with Crippen LogP contribution in [0.5, 0.6) is 0 Å². The molecule has 0 bridgehead atoms. The van der Waals surface area contributed by atoms with Crippen LogP contribution < -0.4 is 14.9 Å². The van der Waals surface area contributed by atoms with Crippen molar-refractivity contribution < 1.29 is 49.2 Å². The first kappa shape index (κ1) is 53.9. The molecule has 380 valence electrons. The van der Waals surface area contributed by atoms with Crippen LogP contribution in [0.25, 0.3) is 5.57 Å². The Hall–Kier alpha value is -3.91. The van der Waals surface area contributed by atoms with E-state index in [-0.39, 0.29) is 23.1 Å². The van der Waals surface area contributed by atoms with Crippen LogP contribution in [0.4, 0.5) is 24.5 Å². The van der Waals surface area contributed by atoms with E-state index >= 15 is 0 Å². The Morgan fingerprint density at radius 1 is 0.886 bits per heavy atom. The average Bonchev–Trinajstić information content (AvgIpc) is 3.30. The predicted octanol–water partition coefficient (Wildman–Crippen LogP) is 9.39. The number of piperazine rings is 1. The number of nitrogens with zero attached hydrogens (tertiary/aromatic N) is 3. The number of sulfone groups is 1. The third-order valence-corrected chi connectivity index (χ3v) is 18.6. The molecule has 0 radical (unpaired) electrons. The van der Waals surface area contributed by atoms with Crippen LogP contribution in [0.15, 0.2) is 117 Å². The first-order chi connectivity index (χ1) is 32.9. The van der Waals surface area contributed by atoms with Crippen LogP contribution >= 0.6 is 31.0 Å². The molecule has 1 atom stereocenters. The smallest absolute Gasteiger partial charge is 0.380 e. The summed E-state index contributed by atoms with van der Waals surface area (Å²) in [7, 11) is -15.2. The number of nitrogens with one attached hydrogen (secondary N) is 2. The van der Waals surface area contributed by atoms with E-state index in [0.29, 0.717) is 55.7 Å². The van der Waals surface area contributed by atoms with Crippen LogP contribution in [0, 0.1) is 11.3 Å². The highest BCUT2D eigenvalue weighted by molar-refractivity contribution is 7.99. The molecule has 13 nitrogen and oxygen atoms in total. The highest BCUT2D eigenvalue weighted by atomic mass is 35.5. The summed E-state index contributed by atoms with van der Waals surface area (Å²) in [6, 6.07) is 25.3. The maximum atomic E-state index is 14.3. The number of carbonyl (C=O) groups is 1. The van der Waals surface area contributed by atoms with Gasteiger partial charge in [-0.3, -0.25) is 14.3 Å². The molecule has 1 amide bonds. The van der Waals surface area contributed by atoms with Gasteiger partial charge in [0, 0.05) is 72.2 Å². The zero-order chi connectivity index (χ0) is 50.5. The highest BCUT2D eigenvalue weighted by Gasteiger charge is 2.48. The van der Waals surface area contributed by atoms with Crippen molar-refractivity contribution >= 4 is 73.7 Å². The fourth-order valence-corrected chi connectivity index (χ4v) is 13.6. The van der Waals surface area contributed by atoms with Crippen molar-refractivity contribution in [1.82, 2.24) is 14.5 Å². The molecule has 2 saturated heterocycles. The lowest BCUT2D eigenvalue weighted by molar-refractivity contribution is -0.0436. The standard InChI is InChI=1S/C49H60ClF3N5O8PS3/c1-48(2)22-18-44(36-8-12-39(50)13-9-36)38(31-48)32-57-26-28-58(29-27-57)41-14-10-37(11-15-41)47(59)55-70(65,66)43-16-17-45(46(30-43)69(63,64)49(51,52)53)54-40(34-68-42-6-4-3-5-7-42)21-25-56-23-19-35(20-24-56)33-67(60,61)62/h3-17,30,35,40,54H,18-29,31-34H2,1-2H3,(H,55,59)(H2,60,61,62). The van der Waals surface area contributed by atoms with Gasteiger partial charge in [0.2, 0.25) is 0 Å². The third-order valence-electron chi connectivity index (χ3n) is 13.3. The van der Waals surface area contributed by atoms with E-state index in [1.807, 2.05) is 47.2 Å². The van der Waals surface area contributed by atoms with Crippen LogP contribution in [0.2, 0.25) is 5.02 Å². The van der Waals surface area contributed by atoms with E-state index in [1.165, 1.54) is 40.6 Å². The largest absolute Gasteiger partial charge is 0.501 e. The average molecular weight is 1070 g/mol. The first-order valence-corrected chi connectivity index (χ1v) is 29.4. The van der Waals surface area contributed by atoms with Crippen LogP contribution in [-0.4, -0.2) is 118 Å². The van der Waals surface area contributed by atoms with Gasteiger partial charge in [-0.15, -0.1) is 11.8 Å². The molecule has 4 aromatic carbocycles. The molecular weight excluding hydrogens is 1010 g/mol. The van der Waals surface area contributed by atoms with Crippen molar-refractivity contribution in [3.63, 3.8) is 0 Å².